The molecule has 0 spiro atoms. The zero-order valence-corrected chi connectivity index (χ0v) is 11.2. The van der Waals surface area contributed by atoms with Gasteiger partial charge >= 0.3 is 5.97 Å². The van der Waals surface area contributed by atoms with Crippen molar-refractivity contribution in [3.8, 4) is 0 Å². The summed E-state index contributed by atoms with van der Waals surface area (Å²) in [5.41, 5.74) is 2.82. The van der Waals surface area contributed by atoms with Gasteiger partial charge in [0.1, 0.15) is 0 Å². The number of carboxylic acids is 1. The van der Waals surface area contributed by atoms with Gasteiger partial charge in [0.05, 0.1) is 5.92 Å². The molecule has 2 atom stereocenters. The average molecular weight is 259 g/mol. The van der Waals surface area contributed by atoms with Crippen molar-refractivity contribution in [3.05, 3.63) is 35.4 Å². The zero-order valence-electron chi connectivity index (χ0n) is 11.2. The number of carbonyl (C=O) groups is 1. The lowest BCUT2D eigenvalue weighted by molar-refractivity contribution is -0.145. The highest BCUT2D eigenvalue weighted by Crippen LogP contribution is 2.33. The molecule has 1 aliphatic heterocycles. The van der Waals surface area contributed by atoms with Gasteiger partial charge in [0.25, 0.3) is 0 Å². The van der Waals surface area contributed by atoms with Crippen molar-refractivity contribution in [2.24, 2.45) is 11.8 Å². The van der Waals surface area contributed by atoms with E-state index in [0.717, 1.165) is 38.9 Å². The van der Waals surface area contributed by atoms with Crippen molar-refractivity contribution in [1.29, 1.82) is 0 Å². The first-order chi connectivity index (χ1) is 9.24. The van der Waals surface area contributed by atoms with Crippen LogP contribution >= 0.6 is 0 Å². The van der Waals surface area contributed by atoms with Gasteiger partial charge in [0, 0.05) is 19.6 Å². The van der Waals surface area contributed by atoms with Crippen molar-refractivity contribution in [2.75, 3.05) is 6.54 Å². The molecule has 1 N–H and O–H groups in total. The van der Waals surface area contributed by atoms with E-state index >= 15 is 0 Å². The van der Waals surface area contributed by atoms with Crippen molar-refractivity contribution < 1.29 is 9.90 Å². The Bertz CT molecular complexity index is 447. The first-order valence-corrected chi connectivity index (χ1v) is 7.26. The molecule has 19 heavy (non-hydrogen) atoms. The number of benzene rings is 1. The second-order valence-corrected chi connectivity index (χ2v) is 5.93. The molecule has 0 bridgehead atoms. The van der Waals surface area contributed by atoms with Gasteiger partial charge in [-0.2, -0.15) is 0 Å². The summed E-state index contributed by atoms with van der Waals surface area (Å²) in [4.78, 5) is 13.8. The van der Waals surface area contributed by atoms with Crippen molar-refractivity contribution in [1.82, 2.24) is 4.90 Å². The summed E-state index contributed by atoms with van der Waals surface area (Å²) in [5.74, 6) is -0.389. The molecule has 1 aliphatic carbocycles. The molecule has 1 saturated carbocycles. The van der Waals surface area contributed by atoms with Gasteiger partial charge in [-0.25, -0.2) is 0 Å². The highest BCUT2D eigenvalue weighted by molar-refractivity contribution is 5.70. The van der Waals surface area contributed by atoms with Crippen LogP contribution in [0.3, 0.4) is 0 Å². The Morgan fingerprint density at radius 2 is 1.79 bits per heavy atom. The van der Waals surface area contributed by atoms with Crippen LogP contribution in [0.1, 0.15) is 36.8 Å². The van der Waals surface area contributed by atoms with Crippen LogP contribution in [0.5, 0.6) is 0 Å². The minimum absolute atomic E-state index is 0.127. The highest BCUT2D eigenvalue weighted by Gasteiger charge is 2.33. The first-order valence-electron chi connectivity index (χ1n) is 7.26. The quantitative estimate of drug-likeness (QED) is 0.907. The van der Waals surface area contributed by atoms with Crippen LogP contribution in [0.4, 0.5) is 0 Å². The van der Waals surface area contributed by atoms with E-state index in [1.165, 1.54) is 17.5 Å². The van der Waals surface area contributed by atoms with E-state index in [4.69, 9.17) is 0 Å². The highest BCUT2D eigenvalue weighted by atomic mass is 16.4. The Morgan fingerprint density at radius 3 is 2.42 bits per heavy atom. The molecule has 3 heteroatoms. The van der Waals surface area contributed by atoms with E-state index in [-0.39, 0.29) is 5.92 Å². The van der Waals surface area contributed by atoms with E-state index in [2.05, 4.69) is 29.2 Å². The van der Waals surface area contributed by atoms with Crippen LogP contribution < -0.4 is 0 Å². The molecule has 0 amide bonds. The van der Waals surface area contributed by atoms with Crippen LogP contribution in [0.25, 0.3) is 0 Å². The summed E-state index contributed by atoms with van der Waals surface area (Å²) in [6, 6.07) is 8.54. The Hall–Kier alpha value is -1.35. The molecule has 1 fully saturated rings. The maximum absolute atomic E-state index is 11.3. The molecule has 1 aromatic carbocycles. The molecule has 1 heterocycles. The third-order valence-corrected chi connectivity index (χ3v) is 4.63. The van der Waals surface area contributed by atoms with E-state index in [9.17, 15) is 9.90 Å². The molecule has 0 saturated heterocycles. The topological polar surface area (TPSA) is 40.5 Å². The van der Waals surface area contributed by atoms with E-state index in [0.29, 0.717) is 5.92 Å². The van der Waals surface area contributed by atoms with Crippen molar-refractivity contribution in [2.45, 2.75) is 38.8 Å². The van der Waals surface area contributed by atoms with Gasteiger partial charge < -0.3 is 5.11 Å². The largest absolute Gasteiger partial charge is 0.481 e. The number of rotatable bonds is 3. The maximum Gasteiger partial charge on any atom is 0.306 e. The molecule has 3 rings (SSSR count). The van der Waals surface area contributed by atoms with Gasteiger partial charge in [-0.1, -0.05) is 37.1 Å². The fourth-order valence-electron chi connectivity index (χ4n) is 3.62. The predicted molar refractivity (Wildman–Crippen MR) is 73.6 cm³/mol. The number of aliphatic carboxylic acids is 1. The van der Waals surface area contributed by atoms with Gasteiger partial charge in [0.2, 0.25) is 0 Å². The van der Waals surface area contributed by atoms with Crippen molar-refractivity contribution in [3.63, 3.8) is 0 Å². The standard InChI is InChI=1S/C16H21NO2/c18-16(19)15-8-4-3-7-14(15)11-17-9-12-5-1-2-6-13(12)10-17/h1-2,5-6,14-15H,3-4,7-11H2,(H,18,19). The summed E-state index contributed by atoms with van der Waals surface area (Å²) < 4.78 is 0. The van der Waals surface area contributed by atoms with Gasteiger partial charge in [-0.15, -0.1) is 0 Å². The number of fused-ring (bicyclic) bond motifs is 1. The fraction of sp³-hybridized carbons (Fsp3) is 0.562. The fourth-order valence-corrected chi connectivity index (χ4v) is 3.62. The average Bonchev–Trinajstić information content (AvgIpc) is 2.81. The van der Waals surface area contributed by atoms with Crippen LogP contribution in [-0.2, 0) is 17.9 Å². The summed E-state index contributed by atoms with van der Waals surface area (Å²) in [6.45, 7) is 2.91. The summed E-state index contributed by atoms with van der Waals surface area (Å²) in [5, 5.41) is 9.34. The minimum Gasteiger partial charge on any atom is -0.481 e. The Balaban J connectivity index is 1.64. The molecule has 102 valence electrons. The minimum atomic E-state index is -0.596. The molecule has 3 nitrogen and oxygen atoms in total. The van der Waals surface area contributed by atoms with Gasteiger partial charge in [-0.05, 0) is 29.9 Å². The molecule has 2 unspecified atom stereocenters. The van der Waals surface area contributed by atoms with Crippen LogP contribution in [0.15, 0.2) is 24.3 Å². The third kappa shape index (κ3) is 2.66. The van der Waals surface area contributed by atoms with Crippen LogP contribution in [0, 0.1) is 11.8 Å². The lowest BCUT2D eigenvalue weighted by atomic mass is 9.79. The van der Waals surface area contributed by atoms with E-state index < -0.39 is 5.97 Å². The second-order valence-electron chi connectivity index (χ2n) is 5.93. The molecular weight excluding hydrogens is 238 g/mol. The molecule has 0 aromatic heterocycles. The Kier molecular flexibility index (Phi) is 3.56. The summed E-state index contributed by atoms with van der Waals surface area (Å²) in [6.07, 6.45) is 4.20. The number of hydrogen-bond donors (Lipinski definition) is 1. The zero-order chi connectivity index (χ0) is 13.2. The Labute approximate surface area is 114 Å². The predicted octanol–water partition coefficient (Wildman–Crippen LogP) is 2.89. The SMILES string of the molecule is O=C(O)C1CCCCC1CN1Cc2ccccc2C1. The second kappa shape index (κ2) is 5.33. The number of nitrogens with zero attached hydrogens (tertiary/aromatic N) is 1. The van der Waals surface area contributed by atoms with Gasteiger partial charge in [0.15, 0.2) is 0 Å². The molecule has 0 radical (unpaired) electrons. The summed E-state index contributed by atoms with van der Waals surface area (Å²) >= 11 is 0. The number of hydrogen-bond acceptors (Lipinski definition) is 2. The van der Waals surface area contributed by atoms with E-state index in [1.807, 2.05) is 0 Å². The van der Waals surface area contributed by atoms with Crippen molar-refractivity contribution >= 4 is 5.97 Å². The van der Waals surface area contributed by atoms with Crippen LogP contribution in [0.2, 0.25) is 0 Å². The van der Waals surface area contributed by atoms with E-state index in [1.54, 1.807) is 0 Å². The summed E-state index contributed by atoms with van der Waals surface area (Å²) in [7, 11) is 0. The van der Waals surface area contributed by atoms with Crippen LogP contribution in [-0.4, -0.2) is 22.5 Å². The Morgan fingerprint density at radius 1 is 1.16 bits per heavy atom. The monoisotopic (exact) mass is 259 g/mol. The molecule has 1 aromatic rings. The smallest absolute Gasteiger partial charge is 0.306 e. The maximum atomic E-state index is 11.3. The first kappa shape index (κ1) is 12.7. The van der Waals surface area contributed by atoms with Gasteiger partial charge in [-0.3, -0.25) is 9.69 Å². The molecule has 2 aliphatic rings. The number of carboxylic acid groups (broad SMARTS) is 1. The third-order valence-electron chi connectivity index (χ3n) is 4.63. The lowest BCUT2D eigenvalue weighted by Gasteiger charge is -2.31. The lowest BCUT2D eigenvalue weighted by Crippen LogP contribution is -2.35. The molecular formula is C16H21NO2. The normalized spacial score (nSPS) is 27.2.